The van der Waals surface area contributed by atoms with Crippen molar-refractivity contribution in [2.45, 2.75) is 31.7 Å². The molecule has 0 atom stereocenters. The minimum Gasteiger partial charge on any atom is -0.480 e. The summed E-state index contributed by atoms with van der Waals surface area (Å²) in [7, 11) is 0. The lowest BCUT2D eigenvalue weighted by Gasteiger charge is -2.07. The maximum Gasteiger partial charge on any atom is 0.317 e. The van der Waals surface area contributed by atoms with E-state index in [1.807, 2.05) is 0 Å². The second kappa shape index (κ2) is 3.56. The summed E-state index contributed by atoms with van der Waals surface area (Å²) in [5.41, 5.74) is 0. The summed E-state index contributed by atoms with van der Waals surface area (Å²) in [5.74, 6) is -0.757. The van der Waals surface area contributed by atoms with E-state index in [1.54, 1.807) is 0 Å². The first-order valence-corrected chi connectivity index (χ1v) is 3.74. The van der Waals surface area contributed by atoms with E-state index in [0.29, 0.717) is 6.04 Å². The number of hydrogen-bond donors (Lipinski definition) is 2. The van der Waals surface area contributed by atoms with E-state index in [0.717, 1.165) is 12.8 Å². The molecule has 0 aliphatic heterocycles. The molecule has 1 aliphatic rings. The van der Waals surface area contributed by atoms with Gasteiger partial charge in [0.25, 0.3) is 0 Å². The molecule has 0 radical (unpaired) electrons. The number of hydrogen-bond acceptors (Lipinski definition) is 2. The quantitative estimate of drug-likeness (QED) is 0.608. The first-order chi connectivity index (χ1) is 4.79. The van der Waals surface area contributed by atoms with Crippen LogP contribution in [0.25, 0.3) is 0 Å². The molecule has 1 rings (SSSR count). The molecule has 0 bridgehead atoms. The molecule has 0 amide bonds. The van der Waals surface area contributed by atoms with Crippen LogP contribution in [-0.2, 0) is 4.79 Å². The molecule has 0 saturated heterocycles. The molecule has 1 fully saturated rings. The molecule has 0 heterocycles. The lowest BCUT2D eigenvalue weighted by molar-refractivity contribution is -0.136. The maximum absolute atomic E-state index is 10.1. The van der Waals surface area contributed by atoms with Gasteiger partial charge in [-0.1, -0.05) is 12.8 Å². The number of nitrogens with one attached hydrogen (secondary N) is 1. The van der Waals surface area contributed by atoms with E-state index in [9.17, 15) is 4.79 Å². The maximum atomic E-state index is 10.1. The highest BCUT2D eigenvalue weighted by molar-refractivity contribution is 5.69. The third-order valence-corrected chi connectivity index (χ3v) is 1.90. The van der Waals surface area contributed by atoms with E-state index in [2.05, 4.69) is 5.32 Å². The molecular formula is C7H13NO2. The van der Waals surface area contributed by atoms with Crippen molar-refractivity contribution >= 4 is 5.97 Å². The molecule has 0 aromatic rings. The molecule has 3 nitrogen and oxygen atoms in total. The van der Waals surface area contributed by atoms with Gasteiger partial charge in [0.05, 0.1) is 6.54 Å². The van der Waals surface area contributed by atoms with Crippen molar-refractivity contribution in [2.24, 2.45) is 0 Å². The zero-order chi connectivity index (χ0) is 7.40. The van der Waals surface area contributed by atoms with E-state index in [4.69, 9.17) is 5.11 Å². The predicted molar refractivity (Wildman–Crippen MR) is 37.9 cm³/mol. The highest BCUT2D eigenvalue weighted by Gasteiger charge is 2.14. The van der Waals surface area contributed by atoms with E-state index in [-0.39, 0.29) is 6.54 Å². The number of carboxylic acid groups (broad SMARTS) is 1. The van der Waals surface area contributed by atoms with Gasteiger partial charge in [0.15, 0.2) is 0 Å². The summed E-state index contributed by atoms with van der Waals surface area (Å²) < 4.78 is 0. The Morgan fingerprint density at radius 1 is 1.50 bits per heavy atom. The number of rotatable bonds is 3. The second-order valence-corrected chi connectivity index (χ2v) is 2.76. The Kier molecular flexibility index (Phi) is 2.68. The fraction of sp³-hybridized carbons (Fsp3) is 0.857. The van der Waals surface area contributed by atoms with Gasteiger partial charge in [-0.15, -0.1) is 0 Å². The molecule has 0 unspecified atom stereocenters. The highest BCUT2D eigenvalue weighted by atomic mass is 16.4. The zero-order valence-electron chi connectivity index (χ0n) is 5.97. The first kappa shape index (κ1) is 7.54. The Balaban J connectivity index is 2.07. The van der Waals surface area contributed by atoms with Gasteiger partial charge in [0.2, 0.25) is 0 Å². The van der Waals surface area contributed by atoms with Gasteiger partial charge in [-0.2, -0.15) is 0 Å². The molecular weight excluding hydrogens is 130 g/mol. The van der Waals surface area contributed by atoms with Crippen molar-refractivity contribution in [3.8, 4) is 0 Å². The summed E-state index contributed by atoms with van der Waals surface area (Å²) >= 11 is 0. The highest BCUT2D eigenvalue weighted by Crippen LogP contribution is 2.16. The Hall–Kier alpha value is -0.570. The Morgan fingerprint density at radius 2 is 2.10 bits per heavy atom. The molecule has 2 N–H and O–H groups in total. The van der Waals surface area contributed by atoms with Crippen LogP contribution in [0.3, 0.4) is 0 Å². The van der Waals surface area contributed by atoms with Gasteiger partial charge in [-0.3, -0.25) is 4.79 Å². The fourth-order valence-electron chi connectivity index (χ4n) is 1.36. The molecule has 3 heteroatoms. The van der Waals surface area contributed by atoms with Crippen molar-refractivity contribution in [1.29, 1.82) is 0 Å². The lowest BCUT2D eigenvalue weighted by atomic mass is 10.2. The largest absolute Gasteiger partial charge is 0.480 e. The third-order valence-electron chi connectivity index (χ3n) is 1.90. The summed E-state index contributed by atoms with van der Waals surface area (Å²) in [6.45, 7) is 0.116. The van der Waals surface area contributed by atoms with Crippen LogP contribution in [0.5, 0.6) is 0 Å². The van der Waals surface area contributed by atoms with Gasteiger partial charge < -0.3 is 10.4 Å². The van der Waals surface area contributed by atoms with Crippen LogP contribution in [0.1, 0.15) is 25.7 Å². The monoisotopic (exact) mass is 143 g/mol. The van der Waals surface area contributed by atoms with Crippen LogP contribution in [0.2, 0.25) is 0 Å². The average Bonchev–Trinajstić information content (AvgIpc) is 2.34. The van der Waals surface area contributed by atoms with Crippen LogP contribution in [0.4, 0.5) is 0 Å². The lowest BCUT2D eigenvalue weighted by Crippen LogP contribution is -2.31. The minimum absolute atomic E-state index is 0.116. The summed E-state index contributed by atoms with van der Waals surface area (Å²) in [4.78, 5) is 10.1. The Bertz CT molecular complexity index is 119. The van der Waals surface area contributed by atoms with Gasteiger partial charge >= 0.3 is 5.97 Å². The number of aliphatic carboxylic acids is 1. The van der Waals surface area contributed by atoms with Crippen molar-refractivity contribution in [2.75, 3.05) is 6.54 Å². The van der Waals surface area contributed by atoms with E-state index >= 15 is 0 Å². The number of carbonyl (C=O) groups is 1. The van der Waals surface area contributed by atoms with Crippen molar-refractivity contribution in [3.05, 3.63) is 0 Å². The van der Waals surface area contributed by atoms with Crippen LogP contribution >= 0.6 is 0 Å². The smallest absolute Gasteiger partial charge is 0.317 e. The molecule has 0 spiro atoms. The average molecular weight is 143 g/mol. The molecule has 0 aromatic carbocycles. The molecule has 0 aromatic heterocycles. The summed E-state index contributed by atoms with van der Waals surface area (Å²) in [6.07, 6.45) is 4.79. The van der Waals surface area contributed by atoms with Crippen molar-refractivity contribution < 1.29 is 9.90 Å². The standard InChI is InChI=1S/C7H13NO2/c9-7(10)5-8-6-3-1-2-4-6/h6,8H,1-5H2,(H,9,10). The van der Waals surface area contributed by atoms with E-state index < -0.39 is 5.97 Å². The first-order valence-electron chi connectivity index (χ1n) is 3.74. The normalized spacial score (nSPS) is 19.6. The molecule has 58 valence electrons. The van der Waals surface area contributed by atoms with Crippen LogP contribution in [0.15, 0.2) is 0 Å². The second-order valence-electron chi connectivity index (χ2n) is 2.76. The van der Waals surface area contributed by atoms with Gasteiger partial charge in [-0.25, -0.2) is 0 Å². The molecule has 1 aliphatic carbocycles. The zero-order valence-corrected chi connectivity index (χ0v) is 5.97. The van der Waals surface area contributed by atoms with Gasteiger partial charge in [0, 0.05) is 6.04 Å². The van der Waals surface area contributed by atoms with Gasteiger partial charge in [0.1, 0.15) is 0 Å². The van der Waals surface area contributed by atoms with Crippen LogP contribution < -0.4 is 5.32 Å². The van der Waals surface area contributed by atoms with E-state index in [1.165, 1.54) is 12.8 Å². The summed E-state index contributed by atoms with van der Waals surface area (Å²) in [6, 6.07) is 0.469. The Morgan fingerprint density at radius 3 is 2.60 bits per heavy atom. The molecule has 10 heavy (non-hydrogen) atoms. The van der Waals surface area contributed by atoms with Crippen LogP contribution in [-0.4, -0.2) is 23.7 Å². The minimum atomic E-state index is -0.757. The SMILES string of the molecule is O=C(O)CNC1CCCC1. The Labute approximate surface area is 60.4 Å². The predicted octanol–water partition coefficient (Wildman–Crippen LogP) is 0.603. The van der Waals surface area contributed by atoms with Crippen molar-refractivity contribution in [1.82, 2.24) is 5.32 Å². The van der Waals surface area contributed by atoms with Gasteiger partial charge in [-0.05, 0) is 12.8 Å². The van der Waals surface area contributed by atoms with Crippen molar-refractivity contribution in [3.63, 3.8) is 0 Å². The number of carboxylic acids is 1. The fourth-order valence-corrected chi connectivity index (χ4v) is 1.36. The molecule has 1 saturated carbocycles. The summed E-state index contributed by atoms with van der Waals surface area (Å²) in [5, 5.41) is 11.3. The third kappa shape index (κ3) is 2.35. The van der Waals surface area contributed by atoms with Crippen LogP contribution in [0, 0.1) is 0 Å². The topological polar surface area (TPSA) is 49.3 Å².